The molecule has 104 valence electrons. The molecule has 1 aromatic rings. The van der Waals surface area contributed by atoms with Crippen LogP contribution in [0.3, 0.4) is 0 Å². The van der Waals surface area contributed by atoms with Crippen molar-refractivity contribution >= 4 is 11.7 Å². The van der Waals surface area contributed by atoms with Gasteiger partial charge in [-0.05, 0) is 18.6 Å². The highest BCUT2D eigenvalue weighted by Crippen LogP contribution is 2.19. The summed E-state index contributed by atoms with van der Waals surface area (Å²) in [5, 5.41) is 8.69. The summed E-state index contributed by atoms with van der Waals surface area (Å²) in [4.78, 5) is 17.1. The topological polar surface area (TPSA) is 57.0 Å². The van der Waals surface area contributed by atoms with Crippen molar-refractivity contribution in [3.8, 4) is 6.07 Å². The summed E-state index contributed by atoms with van der Waals surface area (Å²) in [5.74, 6) is 0.680. The number of carbonyl (C=O) groups excluding carboxylic acids is 1. The molecule has 0 aromatic carbocycles. The number of hydrogen-bond donors (Lipinski definition) is 0. The van der Waals surface area contributed by atoms with Gasteiger partial charge in [0.25, 0.3) is 0 Å². The molecule has 0 atom stereocenters. The second kappa shape index (κ2) is 10.1. The van der Waals surface area contributed by atoms with Crippen LogP contribution in [0.4, 0.5) is 5.82 Å². The zero-order chi connectivity index (χ0) is 14.7. The van der Waals surface area contributed by atoms with E-state index in [0.29, 0.717) is 24.3 Å². The van der Waals surface area contributed by atoms with Gasteiger partial charge >= 0.3 is 0 Å². The van der Waals surface area contributed by atoms with Gasteiger partial charge in [-0.1, -0.05) is 34.1 Å². The van der Waals surface area contributed by atoms with E-state index < -0.39 is 0 Å². The number of rotatable bonds is 1. The Morgan fingerprint density at radius 1 is 1.42 bits per heavy atom. The quantitative estimate of drug-likeness (QED) is 0.777. The Hall–Kier alpha value is -1.89. The third-order valence-electron chi connectivity index (χ3n) is 2.22. The first kappa shape index (κ1) is 17.1. The first-order valence-electron chi connectivity index (χ1n) is 6.89. The van der Waals surface area contributed by atoms with Crippen LogP contribution in [0.5, 0.6) is 0 Å². The minimum Gasteiger partial charge on any atom is -0.297 e. The van der Waals surface area contributed by atoms with Gasteiger partial charge in [-0.15, -0.1) is 0 Å². The van der Waals surface area contributed by atoms with Crippen LogP contribution in [0.1, 0.15) is 52.5 Å². The fourth-order valence-electron chi connectivity index (χ4n) is 1.53. The standard InChI is InChI=1S/C10H9N3O.C3H8.C2H6/c11-7-8-3-4-12-9(6-8)13-5-1-2-10(13)14;1-3-2;1-2/h3-4,6H,1-2,5H2;3H2,1-2H3;1-2H3. The molecule has 1 aliphatic rings. The Balaban J connectivity index is 0.000000573. The van der Waals surface area contributed by atoms with Crippen LogP contribution >= 0.6 is 0 Å². The molecule has 4 nitrogen and oxygen atoms in total. The molecule has 0 saturated carbocycles. The summed E-state index contributed by atoms with van der Waals surface area (Å²) < 4.78 is 0. The van der Waals surface area contributed by atoms with Gasteiger partial charge in [-0.25, -0.2) is 4.98 Å². The molecular formula is C15H23N3O. The number of pyridine rings is 1. The second-order valence-corrected chi connectivity index (χ2v) is 3.87. The van der Waals surface area contributed by atoms with Crippen molar-refractivity contribution in [2.75, 3.05) is 11.4 Å². The number of nitrogens with zero attached hydrogens (tertiary/aromatic N) is 3. The Labute approximate surface area is 116 Å². The highest BCUT2D eigenvalue weighted by molar-refractivity contribution is 5.94. The molecule has 1 fully saturated rings. The maximum Gasteiger partial charge on any atom is 0.228 e. The number of aromatic nitrogens is 1. The minimum atomic E-state index is 0.0904. The summed E-state index contributed by atoms with van der Waals surface area (Å²) in [7, 11) is 0. The van der Waals surface area contributed by atoms with E-state index in [0.717, 1.165) is 6.42 Å². The smallest absolute Gasteiger partial charge is 0.228 e. The van der Waals surface area contributed by atoms with Gasteiger partial charge in [0.15, 0.2) is 0 Å². The molecule has 4 heteroatoms. The summed E-state index contributed by atoms with van der Waals surface area (Å²) in [5.41, 5.74) is 0.537. The van der Waals surface area contributed by atoms with Crippen LogP contribution < -0.4 is 4.90 Å². The molecule has 0 unspecified atom stereocenters. The monoisotopic (exact) mass is 261 g/mol. The van der Waals surface area contributed by atoms with E-state index >= 15 is 0 Å². The Morgan fingerprint density at radius 2 is 2.05 bits per heavy atom. The molecule has 0 bridgehead atoms. The van der Waals surface area contributed by atoms with Gasteiger partial charge in [-0.2, -0.15) is 5.26 Å². The summed E-state index contributed by atoms with van der Waals surface area (Å²) in [6.07, 6.45) is 4.26. The molecular weight excluding hydrogens is 238 g/mol. The normalized spacial score (nSPS) is 12.8. The van der Waals surface area contributed by atoms with Crippen molar-refractivity contribution in [1.82, 2.24) is 4.98 Å². The molecule has 0 aliphatic carbocycles. The van der Waals surface area contributed by atoms with Crippen LogP contribution in [-0.2, 0) is 4.79 Å². The summed E-state index contributed by atoms with van der Waals surface area (Å²) in [6.45, 7) is 8.96. The van der Waals surface area contributed by atoms with Crippen molar-refractivity contribution < 1.29 is 4.79 Å². The molecule has 1 aromatic heterocycles. The van der Waals surface area contributed by atoms with Gasteiger partial charge in [0.2, 0.25) is 5.91 Å². The lowest BCUT2D eigenvalue weighted by atomic mass is 10.3. The highest BCUT2D eigenvalue weighted by Gasteiger charge is 2.22. The predicted molar refractivity (Wildman–Crippen MR) is 77.9 cm³/mol. The molecule has 0 N–H and O–H groups in total. The summed E-state index contributed by atoms with van der Waals surface area (Å²) in [6, 6.07) is 5.30. The number of amides is 1. The van der Waals surface area contributed by atoms with E-state index in [2.05, 4.69) is 18.8 Å². The maximum absolute atomic E-state index is 11.4. The second-order valence-electron chi connectivity index (χ2n) is 3.87. The average molecular weight is 261 g/mol. The highest BCUT2D eigenvalue weighted by atomic mass is 16.2. The lowest BCUT2D eigenvalue weighted by Crippen LogP contribution is -2.24. The molecule has 19 heavy (non-hydrogen) atoms. The van der Waals surface area contributed by atoms with Crippen molar-refractivity contribution in [3.63, 3.8) is 0 Å². The molecule has 1 aliphatic heterocycles. The van der Waals surface area contributed by atoms with Crippen molar-refractivity contribution in [2.24, 2.45) is 0 Å². The van der Waals surface area contributed by atoms with Crippen LogP contribution in [0.2, 0.25) is 0 Å². The first-order valence-corrected chi connectivity index (χ1v) is 6.89. The van der Waals surface area contributed by atoms with Crippen molar-refractivity contribution in [1.29, 1.82) is 5.26 Å². The van der Waals surface area contributed by atoms with E-state index in [4.69, 9.17) is 5.26 Å². The molecule has 0 radical (unpaired) electrons. The Morgan fingerprint density at radius 3 is 2.53 bits per heavy atom. The van der Waals surface area contributed by atoms with E-state index in [1.165, 1.54) is 6.42 Å². The van der Waals surface area contributed by atoms with Crippen LogP contribution in [0.15, 0.2) is 18.3 Å². The van der Waals surface area contributed by atoms with Crippen molar-refractivity contribution in [3.05, 3.63) is 23.9 Å². The SMILES string of the molecule is CC.CCC.N#Cc1ccnc(N2CCCC2=O)c1. The van der Waals surface area contributed by atoms with Crippen molar-refractivity contribution in [2.45, 2.75) is 47.0 Å². The lowest BCUT2D eigenvalue weighted by molar-refractivity contribution is -0.117. The molecule has 2 heterocycles. The lowest BCUT2D eigenvalue weighted by Gasteiger charge is -2.13. The molecule has 1 saturated heterocycles. The summed E-state index contributed by atoms with van der Waals surface area (Å²) >= 11 is 0. The fraction of sp³-hybridized carbons (Fsp3) is 0.533. The number of carbonyl (C=O) groups is 1. The molecule has 2 rings (SSSR count). The first-order chi connectivity index (χ1) is 9.22. The van der Waals surface area contributed by atoms with Gasteiger partial charge in [0.1, 0.15) is 5.82 Å². The van der Waals surface area contributed by atoms with E-state index in [9.17, 15) is 4.79 Å². The van der Waals surface area contributed by atoms with Crippen LogP contribution in [0, 0.1) is 11.3 Å². The zero-order valence-corrected chi connectivity index (χ0v) is 12.3. The maximum atomic E-state index is 11.4. The van der Waals surface area contributed by atoms with Gasteiger partial charge in [0.05, 0.1) is 11.6 Å². The zero-order valence-electron chi connectivity index (χ0n) is 12.3. The third kappa shape index (κ3) is 5.52. The fourth-order valence-corrected chi connectivity index (χ4v) is 1.53. The van der Waals surface area contributed by atoms with Gasteiger partial charge < -0.3 is 0 Å². The number of anilines is 1. The van der Waals surface area contributed by atoms with Gasteiger partial charge in [0, 0.05) is 19.2 Å². The van der Waals surface area contributed by atoms with E-state index in [1.807, 2.05) is 19.9 Å². The van der Waals surface area contributed by atoms with E-state index in [-0.39, 0.29) is 5.91 Å². The van der Waals surface area contributed by atoms with Gasteiger partial charge in [-0.3, -0.25) is 9.69 Å². The van der Waals surface area contributed by atoms with E-state index in [1.54, 1.807) is 23.2 Å². The molecule has 1 amide bonds. The molecule has 0 spiro atoms. The predicted octanol–water partition coefficient (Wildman–Crippen LogP) is 3.52. The Bertz CT molecular complexity index is 424. The minimum absolute atomic E-state index is 0.0904. The number of hydrogen-bond acceptors (Lipinski definition) is 3. The van der Waals surface area contributed by atoms with Crippen LogP contribution in [0.25, 0.3) is 0 Å². The third-order valence-corrected chi connectivity index (χ3v) is 2.22. The largest absolute Gasteiger partial charge is 0.297 e. The average Bonchev–Trinajstić information content (AvgIpc) is 2.88. The Kier molecular flexibility index (Phi) is 9.07. The van der Waals surface area contributed by atoms with Crippen LogP contribution in [-0.4, -0.2) is 17.4 Å². The number of nitriles is 1.